The number of aliphatic carboxylic acids is 1. The third-order valence-corrected chi connectivity index (χ3v) is 3.87. The molecular weight excluding hydrogens is 374 g/mol. The van der Waals surface area contributed by atoms with E-state index in [0.717, 1.165) is 0 Å². The Balaban J connectivity index is 2.33. The van der Waals surface area contributed by atoms with Gasteiger partial charge in [-0.05, 0) is 69.7 Å². The van der Waals surface area contributed by atoms with E-state index in [4.69, 9.17) is 20.4 Å². The van der Waals surface area contributed by atoms with Crippen LogP contribution in [0, 0.1) is 0 Å². The highest BCUT2D eigenvalue weighted by molar-refractivity contribution is 5.97. The molecule has 0 amide bonds. The van der Waals surface area contributed by atoms with Crippen LogP contribution in [0.15, 0.2) is 47.6 Å². The van der Waals surface area contributed by atoms with Crippen LogP contribution >= 0.6 is 0 Å². The zero-order valence-corrected chi connectivity index (χ0v) is 16.9. The largest absolute Gasteiger partial charge is 0.487 e. The Kier molecular flexibility index (Phi) is 7.30. The van der Waals surface area contributed by atoms with Gasteiger partial charge in [0.1, 0.15) is 0 Å². The number of nitrogens with zero attached hydrogens (tertiary/aromatic N) is 1. The molecule has 2 rings (SSSR count). The molecule has 1 atom stereocenters. The molecule has 156 valence electrons. The summed E-state index contributed by atoms with van der Waals surface area (Å²) in [4.78, 5) is 11.9. The van der Waals surface area contributed by atoms with Crippen LogP contribution < -0.4 is 20.5 Å². The average molecular weight is 401 g/mol. The van der Waals surface area contributed by atoms with E-state index in [1.807, 2.05) is 27.7 Å². The Hall–Kier alpha value is -3.42. The number of anilines is 1. The molecule has 2 aromatic carbocycles. The maximum absolute atomic E-state index is 11.9. The van der Waals surface area contributed by atoms with Crippen LogP contribution in [0.1, 0.15) is 44.9 Å². The number of carbonyl (C=O) groups is 1. The molecule has 0 radical (unpaired) electrons. The fourth-order valence-electron chi connectivity index (χ4n) is 2.65. The summed E-state index contributed by atoms with van der Waals surface area (Å²) in [6, 6.07) is 10.7. The Bertz CT molecular complexity index is 863. The number of rotatable bonds is 9. The maximum Gasteiger partial charge on any atom is 0.330 e. The number of hydrogen-bond donors (Lipinski definition) is 4. The number of nitrogens with two attached hydrogens (primary N) is 1. The molecule has 29 heavy (non-hydrogen) atoms. The van der Waals surface area contributed by atoms with Crippen molar-refractivity contribution in [3.63, 3.8) is 0 Å². The number of carboxylic acids is 1. The van der Waals surface area contributed by atoms with Crippen LogP contribution in [0.3, 0.4) is 0 Å². The lowest BCUT2D eigenvalue weighted by Gasteiger charge is -2.21. The summed E-state index contributed by atoms with van der Waals surface area (Å²) >= 11 is 0. The Morgan fingerprint density at radius 3 is 2.10 bits per heavy atom. The van der Waals surface area contributed by atoms with Crippen LogP contribution in [0.5, 0.6) is 11.5 Å². The smallest absolute Gasteiger partial charge is 0.330 e. The van der Waals surface area contributed by atoms with Crippen LogP contribution in [-0.4, -0.2) is 34.3 Å². The molecular formula is C21H27N3O5. The van der Waals surface area contributed by atoms with E-state index in [-0.39, 0.29) is 18.0 Å². The lowest BCUT2D eigenvalue weighted by Crippen LogP contribution is -2.21. The van der Waals surface area contributed by atoms with Gasteiger partial charge in [0, 0.05) is 11.3 Å². The molecule has 0 saturated carbocycles. The van der Waals surface area contributed by atoms with Crippen LogP contribution in [-0.2, 0) is 4.79 Å². The molecule has 5 N–H and O–H groups in total. The van der Waals surface area contributed by atoms with Crippen molar-refractivity contribution in [3.05, 3.63) is 53.6 Å². The van der Waals surface area contributed by atoms with Crippen LogP contribution in [0.4, 0.5) is 5.69 Å². The second kappa shape index (κ2) is 9.68. The molecule has 0 bridgehead atoms. The van der Waals surface area contributed by atoms with Crippen molar-refractivity contribution in [3.8, 4) is 11.5 Å². The summed E-state index contributed by atoms with van der Waals surface area (Å²) in [7, 11) is 0. The number of benzene rings is 2. The summed E-state index contributed by atoms with van der Waals surface area (Å²) in [6.07, 6.45) is -0.139. The molecule has 1 unspecified atom stereocenters. The third kappa shape index (κ3) is 6.03. The van der Waals surface area contributed by atoms with Gasteiger partial charge in [-0.2, -0.15) is 0 Å². The summed E-state index contributed by atoms with van der Waals surface area (Å²) < 4.78 is 11.6. The molecule has 0 aliphatic rings. The highest BCUT2D eigenvalue weighted by atomic mass is 16.5. The fraction of sp³-hybridized carbons (Fsp3) is 0.333. The molecule has 0 aliphatic carbocycles. The van der Waals surface area contributed by atoms with Gasteiger partial charge in [0.15, 0.2) is 23.4 Å². The number of nitrogens with one attached hydrogen (secondary N) is 1. The van der Waals surface area contributed by atoms with E-state index in [1.54, 1.807) is 42.5 Å². The number of amidine groups is 1. The summed E-state index contributed by atoms with van der Waals surface area (Å²) in [6.45, 7) is 7.60. The van der Waals surface area contributed by atoms with Crippen molar-refractivity contribution in [1.29, 1.82) is 0 Å². The van der Waals surface area contributed by atoms with Gasteiger partial charge < -0.3 is 30.8 Å². The fourth-order valence-corrected chi connectivity index (χ4v) is 2.65. The molecule has 0 heterocycles. The predicted molar refractivity (Wildman–Crippen MR) is 111 cm³/mol. The van der Waals surface area contributed by atoms with E-state index >= 15 is 0 Å². The second-order valence-electron chi connectivity index (χ2n) is 7.02. The van der Waals surface area contributed by atoms with Crippen molar-refractivity contribution in [2.75, 3.05) is 5.32 Å². The van der Waals surface area contributed by atoms with Gasteiger partial charge in [0.05, 0.1) is 12.2 Å². The van der Waals surface area contributed by atoms with Gasteiger partial charge in [-0.25, -0.2) is 4.79 Å². The zero-order valence-electron chi connectivity index (χ0n) is 16.9. The van der Waals surface area contributed by atoms with Crippen molar-refractivity contribution < 1.29 is 24.6 Å². The first kappa shape index (κ1) is 21.9. The topological polar surface area (TPSA) is 126 Å². The maximum atomic E-state index is 11.9. The minimum atomic E-state index is -1.04. The van der Waals surface area contributed by atoms with Gasteiger partial charge >= 0.3 is 5.97 Å². The minimum absolute atomic E-state index is 0.0254. The lowest BCUT2D eigenvalue weighted by molar-refractivity contribution is -0.138. The summed E-state index contributed by atoms with van der Waals surface area (Å²) in [5.74, 6) is -0.0210. The van der Waals surface area contributed by atoms with Crippen molar-refractivity contribution in [2.45, 2.75) is 45.9 Å². The van der Waals surface area contributed by atoms with Crippen molar-refractivity contribution in [2.24, 2.45) is 10.9 Å². The van der Waals surface area contributed by atoms with Gasteiger partial charge in [-0.15, -0.1) is 0 Å². The second-order valence-corrected chi connectivity index (χ2v) is 7.02. The van der Waals surface area contributed by atoms with Crippen molar-refractivity contribution >= 4 is 17.5 Å². The first-order valence-corrected chi connectivity index (χ1v) is 9.25. The molecule has 0 aromatic heterocycles. The molecule has 0 fully saturated rings. The average Bonchev–Trinajstić information content (AvgIpc) is 2.66. The number of hydrogen-bond acceptors (Lipinski definition) is 6. The summed E-state index contributed by atoms with van der Waals surface area (Å²) in [5, 5.41) is 24.4. The molecule has 8 nitrogen and oxygen atoms in total. The Morgan fingerprint density at radius 1 is 1.00 bits per heavy atom. The van der Waals surface area contributed by atoms with Gasteiger partial charge in [0.25, 0.3) is 0 Å². The van der Waals surface area contributed by atoms with Crippen molar-refractivity contribution in [1.82, 2.24) is 0 Å². The van der Waals surface area contributed by atoms with E-state index in [2.05, 4.69) is 10.5 Å². The first-order chi connectivity index (χ1) is 13.7. The van der Waals surface area contributed by atoms with Crippen LogP contribution in [0.2, 0.25) is 0 Å². The minimum Gasteiger partial charge on any atom is -0.487 e. The normalized spacial score (nSPS) is 12.7. The number of oxime groups is 1. The Labute approximate surface area is 169 Å². The van der Waals surface area contributed by atoms with Gasteiger partial charge in [0.2, 0.25) is 0 Å². The SMILES string of the molecule is CC(C)Oc1ccc(C(Nc2ccc(/C(N)=N/O)cc2)C(=O)O)cc1OC(C)C. The highest BCUT2D eigenvalue weighted by Crippen LogP contribution is 2.33. The monoisotopic (exact) mass is 401 g/mol. The van der Waals surface area contributed by atoms with E-state index in [1.165, 1.54) is 0 Å². The van der Waals surface area contributed by atoms with Gasteiger partial charge in [-0.3, -0.25) is 0 Å². The molecule has 8 heteroatoms. The molecule has 2 aromatic rings. The molecule has 0 spiro atoms. The predicted octanol–water partition coefficient (Wildman–Crippen LogP) is 3.59. The van der Waals surface area contributed by atoms with Gasteiger partial charge in [-0.1, -0.05) is 11.2 Å². The summed E-state index contributed by atoms with van der Waals surface area (Å²) in [5.41, 5.74) is 7.16. The first-order valence-electron chi connectivity index (χ1n) is 9.25. The van der Waals surface area contributed by atoms with E-state index < -0.39 is 12.0 Å². The number of ether oxygens (including phenoxy) is 2. The number of carboxylic acid groups (broad SMARTS) is 1. The van der Waals surface area contributed by atoms with E-state index in [0.29, 0.717) is 28.3 Å². The molecule has 0 saturated heterocycles. The standard InChI is InChI=1S/C21H27N3O5/c1-12(2)28-17-10-7-15(11-18(17)29-13(3)4)19(21(25)26)23-16-8-5-14(6-9-16)20(22)24-27/h5-13,19,23,27H,1-4H3,(H2,22,24)(H,25,26). The van der Waals surface area contributed by atoms with Crippen LogP contribution in [0.25, 0.3) is 0 Å². The lowest BCUT2D eigenvalue weighted by atomic mass is 10.1. The quantitative estimate of drug-likeness (QED) is 0.219. The third-order valence-electron chi connectivity index (χ3n) is 3.87. The van der Waals surface area contributed by atoms with E-state index in [9.17, 15) is 9.90 Å². The zero-order chi connectivity index (χ0) is 21.6. The highest BCUT2D eigenvalue weighted by Gasteiger charge is 2.22. The Morgan fingerprint density at radius 2 is 1.59 bits per heavy atom. The molecule has 0 aliphatic heterocycles.